The molecule has 0 bridgehead atoms. The maximum Gasteiger partial charge on any atom is 0.253 e. The lowest BCUT2D eigenvalue weighted by Crippen LogP contribution is -1.91. The molecule has 1 aromatic carbocycles. The van der Waals surface area contributed by atoms with E-state index in [0.29, 0.717) is 10.6 Å². The van der Waals surface area contributed by atoms with Gasteiger partial charge in [-0.15, -0.1) is 0 Å². The minimum atomic E-state index is -0.532. The Kier molecular flexibility index (Phi) is 3.16. The van der Waals surface area contributed by atoms with Crippen LogP contribution >= 0.6 is 39.1 Å². The van der Waals surface area contributed by atoms with Gasteiger partial charge in [0.25, 0.3) is 5.24 Å². The fraction of sp³-hybridized carbons (Fsp3) is 0.125. The van der Waals surface area contributed by atoms with Gasteiger partial charge in [-0.2, -0.15) is 0 Å². The van der Waals surface area contributed by atoms with Crippen LogP contribution in [-0.4, -0.2) is 5.24 Å². The Morgan fingerprint density at radius 2 is 2.08 bits per heavy atom. The van der Waals surface area contributed by atoms with Gasteiger partial charge in [0.05, 0.1) is 10.6 Å². The molecule has 1 aromatic rings. The molecule has 0 saturated heterocycles. The normalized spacial score (nSPS) is 10.0. The number of hydrogen-bond acceptors (Lipinski definition) is 1. The average Bonchev–Trinajstić information content (AvgIpc) is 1.96. The first-order chi connectivity index (χ1) is 5.52. The lowest BCUT2D eigenvalue weighted by molar-refractivity contribution is 0.108. The third-order valence-electron chi connectivity index (χ3n) is 1.46. The van der Waals surface area contributed by atoms with Crippen molar-refractivity contribution in [2.75, 3.05) is 0 Å². The molecule has 0 fully saturated rings. The van der Waals surface area contributed by atoms with E-state index in [1.54, 1.807) is 12.1 Å². The highest BCUT2D eigenvalue weighted by atomic mass is 79.9. The van der Waals surface area contributed by atoms with Crippen molar-refractivity contribution in [3.05, 3.63) is 32.8 Å². The summed E-state index contributed by atoms with van der Waals surface area (Å²) in [6.45, 7) is 1.86. The maximum atomic E-state index is 10.8. The molecule has 0 aliphatic carbocycles. The Hall–Kier alpha value is -0.0500. The SMILES string of the molecule is Cc1cc(C(=O)Cl)c(Cl)cc1Br. The standard InChI is InChI=1S/C8H5BrCl2O/c1-4-2-5(8(11)12)7(10)3-6(4)9/h2-3H,1H3. The van der Waals surface area contributed by atoms with Crippen molar-refractivity contribution in [1.29, 1.82) is 0 Å². The van der Waals surface area contributed by atoms with E-state index in [-0.39, 0.29) is 0 Å². The summed E-state index contributed by atoms with van der Waals surface area (Å²) in [5, 5.41) is -0.164. The molecule has 0 atom stereocenters. The summed E-state index contributed by atoms with van der Waals surface area (Å²) in [5.41, 5.74) is 1.28. The molecule has 0 aliphatic heterocycles. The topological polar surface area (TPSA) is 17.1 Å². The van der Waals surface area contributed by atoms with Crippen molar-refractivity contribution in [3.63, 3.8) is 0 Å². The Balaban J connectivity index is 3.33. The van der Waals surface area contributed by atoms with Crippen molar-refractivity contribution in [1.82, 2.24) is 0 Å². The van der Waals surface area contributed by atoms with Crippen LogP contribution in [0, 0.1) is 6.92 Å². The van der Waals surface area contributed by atoms with E-state index in [1.807, 2.05) is 6.92 Å². The molecule has 64 valence electrons. The molecule has 0 aromatic heterocycles. The summed E-state index contributed by atoms with van der Waals surface area (Å²) < 4.78 is 0.870. The van der Waals surface area contributed by atoms with E-state index in [1.165, 1.54) is 0 Å². The molecule has 1 nitrogen and oxygen atoms in total. The number of halogens is 3. The summed E-state index contributed by atoms with van der Waals surface area (Å²) in [6.07, 6.45) is 0. The molecule has 4 heteroatoms. The zero-order valence-corrected chi connectivity index (χ0v) is 9.29. The Labute approximate surface area is 88.8 Å². The number of carbonyl (C=O) groups excluding carboxylic acids is 1. The van der Waals surface area contributed by atoms with Crippen LogP contribution in [-0.2, 0) is 0 Å². The first kappa shape index (κ1) is 10.0. The molecule has 0 aliphatic rings. The largest absolute Gasteiger partial charge is 0.276 e. The third kappa shape index (κ3) is 2.00. The van der Waals surface area contributed by atoms with E-state index in [2.05, 4.69) is 15.9 Å². The molecule has 1 rings (SSSR count). The van der Waals surface area contributed by atoms with Crippen LogP contribution in [0.4, 0.5) is 0 Å². The lowest BCUT2D eigenvalue weighted by Gasteiger charge is -2.02. The molecular weight excluding hydrogens is 263 g/mol. The van der Waals surface area contributed by atoms with Gasteiger partial charge in [-0.1, -0.05) is 27.5 Å². The van der Waals surface area contributed by atoms with Gasteiger partial charge >= 0.3 is 0 Å². The van der Waals surface area contributed by atoms with E-state index in [9.17, 15) is 4.79 Å². The smallest absolute Gasteiger partial charge is 0.253 e. The minimum absolute atomic E-state index is 0.346. The quantitative estimate of drug-likeness (QED) is 0.708. The molecule has 12 heavy (non-hydrogen) atoms. The van der Waals surface area contributed by atoms with Gasteiger partial charge in [0.2, 0.25) is 0 Å². The second-order valence-electron chi connectivity index (χ2n) is 2.35. The first-order valence-electron chi connectivity index (χ1n) is 3.18. The Morgan fingerprint density at radius 3 is 2.58 bits per heavy atom. The fourth-order valence-corrected chi connectivity index (χ4v) is 1.74. The Morgan fingerprint density at radius 1 is 1.50 bits per heavy atom. The van der Waals surface area contributed by atoms with Crippen molar-refractivity contribution < 1.29 is 4.79 Å². The van der Waals surface area contributed by atoms with E-state index < -0.39 is 5.24 Å². The van der Waals surface area contributed by atoms with Crippen LogP contribution in [0.25, 0.3) is 0 Å². The van der Waals surface area contributed by atoms with Crippen LogP contribution < -0.4 is 0 Å². The number of carbonyl (C=O) groups is 1. The highest BCUT2D eigenvalue weighted by Gasteiger charge is 2.09. The van der Waals surface area contributed by atoms with Crippen LogP contribution in [0.1, 0.15) is 15.9 Å². The van der Waals surface area contributed by atoms with Crippen molar-refractivity contribution >= 4 is 44.4 Å². The van der Waals surface area contributed by atoms with Crippen molar-refractivity contribution in [2.24, 2.45) is 0 Å². The van der Waals surface area contributed by atoms with Gasteiger partial charge in [0.15, 0.2) is 0 Å². The summed E-state index contributed by atoms with van der Waals surface area (Å²) in [4.78, 5) is 10.8. The van der Waals surface area contributed by atoms with Gasteiger partial charge in [-0.3, -0.25) is 4.79 Å². The van der Waals surface area contributed by atoms with E-state index in [0.717, 1.165) is 10.0 Å². The fourth-order valence-electron chi connectivity index (χ4n) is 0.808. The number of aryl methyl sites for hydroxylation is 1. The molecule has 0 saturated carbocycles. The average molecular weight is 268 g/mol. The Bertz CT molecular complexity index is 336. The van der Waals surface area contributed by atoms with Crippen molar-refractivity contribution in [2.45, 2.75) is 6.92 Å². The zero-order chi connectivity index (χ0) is 9.30. The van der Waals surface area contributed by atoms with Gasteiger partial charge < -0.3 is 0 Å². The van der Waals surface area contributed by atoms with Crippen LogP contribution in [0.3, 0.4) is 0 Å². The molecule has 0 N–H and O–H groups in total. The highest BCUT2D eigenvalue weighted by Crippen LogP contribution is 2.26. The monoisotopic (exact) mass is 266 g/mol. The summed E-state index contributed by atoms with van der Waals surface area (Å²) in [6, 6.07) is 3.31. The lowest BCUT2D eigenvalue weighted by atomic mass is 10.1. The third-order valence-corrected chi connectivity index (χ3v) is 2.83. The molecule has 0 spiro atoms. The summed E-state index contributed by atoms with van der Waals surface area (Å²) in [7, 11) is 0. The molecule has 0 unspecified atom stereocenters. The molecule has 0 heterocycles. The second-order valence-corrected chi connectivity index (χ2v) is 3.96. The summed E-state index contributed by atoms with van der Waals surface area (Å²) >= 11 is 14.3. The van der Waals surface area contributed by atoms with E-state index in [4.69, 9.17) is 23.2 Å². The first-order valence-corrected chi connectivity index (χ1v) is 4.72. The number of benzene rings is 1. The predicted molar refractivity (Wildman–Crippen MR) is 54.1 cm³/mol. The van der Waals surface area contributed by atoms with Crippen LogP contribution in [0.2, 0.25) is 5.02 Å². The van der Waals surface area contributed by atoms with Crippen LogP contribution in [0.5, 0.6) is 0 Å². The van der Waals surface area contributed by atoms with Gasteiger partial charge in [-0.25, -0.2) is 0 Å². The zero-order valence-electron chi connectivity index (χ0n) is 6.20. The maximum absolute atomic E-state index is 10.8. The van der Waals surface area contributed by atoms with Gasteiger partial charge in [-0.05, 0) is 36.2 Å². The molecule has 0 radical (unpaired) electrons. The van der Waals surface area contributed by atoms with Crippen molar-refractivity contribution in [3.8, 4) is 0 Å². The second kappa shape index (κ2) is 3.77. The highest BCUT2D eigenvalue weighted by molar-refractivity contribution is 9.10. The number of rotatable bonds is 1. The molecule has 0 amide bonds. The van der Waals surface area contributed by atoms with Crippen LogP contribution in [0.15, 0.2) is 16.6 Å². The predicted octanol–water partition coefficient (Wildman–Crippen LogP) is 3.79. The molecular formula is C8H5BrCl2O. The summed E-state index contributed by atoms with van der Waals surface area (Å²) in [5.74, 6) is 0. The van der Waals surface area contributed by atoms with E-state index >= 15 is 0 Å². The minimum Gasteiger partial charge on any atom is -0.276 e. The van der Waals surface area contributed by atoms with Gasteiger partial charge in [0.1, 0.15) is 0 Å². The van der Waals surface area contributed by atoms with Gasteiger partial charge in [0, 0.05) is 4.47 Å². The number of hydrogen-bond donors (Lipinski definition) is 0.